The lowest BCUT2D eigenvalue weighted by molar-refractivity contribution is -0.128. The zero-order valence-electron chi connectivity index (χ0n) is 17.6. The molecule has 1 saturated heterocycles. The largest absolute Gasteiger partial charge is 0.331 e. The number of sulfone groups is 1. The van der Waals surface area contributed by atoms with Gasteiger partial charge in [0.2, 0.25) is 5.91 Å². The second-order valence-corrected chi connectivity index (χ2v) is 11.1. The maximum Gasteiger partial charge on any atom is 0.247 e. The Morgan fingerprint density at radius 1 is 1.10 bits per heavy atom. The molecule has 1 atom stereocenters. The first-order valence-electron chi connectivity index (χ1n) is 10.1. The van der Waals surface area contributed by atoms with Gasteiger partial charge in [-0.25, -0.2) is 12.8 Å². The molecule has 0 radical (unpaired) electrons. The van der Waals surface area contributed by atoms with Gasteiger partial charge in [0.15, 0.2) is 9.84 Å². The summed E-state index contributed by atoms with van der Waals surface area (Å²) in [4.78, 5) is 14.6. The molecule has 2 aromatic rings. The molecule has 160 valence electrons. The van der Waals surface area contributed by atoms with Crippen molar-refractivity contribution in [3.63, 3.8) is 0 Å². The smallest absolute Gasteiger partial charge is 0.247 e. The predicted octanol–water partition coefficient (Wildman–Crippen LogP) is 4.35. The molecule has 0 N–H and O–H groups in total. The minimum atomic E-state index is -3.12. The van der Waals surface area contributed by atoms with Crippen molar-refractivity contribution in [2.75, 3.05) is 11.5 Å². The molecule has 0 saturated carbocycles. The SMILES string of the molecule is CC(C)(C)c1ccc(CN(C(=O)/C=C/c2ccc(F)cc2)C2CCS(=O)(=O)C2)cc1. The maximum absolute atomic E-state index is 13.1. The molecule has 1 heterocycles. The number of hydrogen-bond donors (Lipinski definition) is 0. The Bertz CT molecular complexity index is 1020. The van der Waals surface area contributed by atoms with E-state index in [0.29, 0.717) is 18.5 Å². The minimum Gasteiger partial charge on any atom is -0.331 e. The molecule has 6 heteroatoms. The summed E-state index contributed by atoms with van der Waals surface area (Å²) in [6.45, 7) is 6.77. The van der Waals surface area contributed by atoms with Gasteiger partial charge in [-0.2, -0.15) is 0 Å². The highest BCUT2D eigenvalue weighted by Crippen LogP contribution is 2.24. The third kappa shape index (κ3) is 5.79. The molecule has 1 unspecified atom stereocenters. The minimum absolute atomic E-state index is 0.0107. The summed E-state index contributed by atoms with van der Waals surface area (Å²) in [5, 5.41) is 0. The lowest BCUT2D eigenvalue weighted by atomic mass is 9.86. The molecule has 1 aliphatic rings. The van der Waals surface area contributed by atoms with Gasteiger partial charge in [0.05, 0.1) is 11.5 Å². The summed E-state index contributed by atoms with van der Waals surface area (Å²) in [7, 11) is -3.12. The number of amides is 1. The van der Waals surface area contributed by atoms with Crippen LogP contribution in [0.3, 0.4) is 0 Å². The van der Waals surface area contributed by atoms with Crippen molar-refractivity contribution in [1.29, 1.82) is 0 Å². The van der Waals surface area contributed by atoms with Crippen LogP contribution in [0.25, 0.3) is 6.08 Å². The summed E-state index contributed by atoms with van der Waals surface area (Å²) in [5.41, 5.74) is 2.89. The molecule has 2 aromatic carbocycles. The molecule has 0 spiro atoms. The average molecular weight is 430 g/mol. The topological polar surface area (TPSA) is 54.5 Å². The van der Waals surface area contributed by atoms with Gasteiger partial charge in [0.25, 0.3) is 0 Å². The molecule has 0 aromatic heterocycles. The summed E-state index contributed by atoms with van der Waals surface area (Å²) < 4.78 is 37.1. The van der Waals surface area contributed by atoms with Gasteiger partial charge in [-0.1, -0.05) is 57.2 Å². The summed E-state index contributed by atoms with van der Waals surface area (Å²) in [5.74, 6) is -0.494. The van der Waals surface area contributed by atoms with Crippen LogP contribution in [0.4, 0.5) is 4.39 Å². The predicted molar refractivity (Wildman–Crippen MR) is 118 cm³/mol. The highest BCUT2D eigenvalue weighted by molar-refractivity contribution is 7.91. The van der Waals surface area contributed by atoms with E-state index in [-0.39, 0.29) is 34.7 Å². The number of benzene rings is 2. The Morgan fingerprint density at radius 3 is 2.27 bits per heavy atom. The molecule has 4 nitrogen and oxygen atoms in total. The zero-order valence-corrected chi connectivity index (χ0v) is 18.5. The first-order chi connectivity index (χ1) is 14.0. The summed E-state index contributed by atoms with van der Waals surface area (Å²) in [6, 6.07) is 13.6. The Labute approximate surface area is 178 Å². The standard InChI is InChI=1S/C24H28FNO3S/c1-24(2,3)20-9-4-19(5-10-20)16-26(22-14-15-30(28,29)17-22)23(27)13-8-18-6-11-21(25)12-7-18/h4-13,22H,14-17H2,1-3H3/b13-8+. The summed E-state index contributed by atoms with van der Waals surface area (Å²) >= 11 is 0. The third-order valence-corrected chi connectivity index (χ3v) is 7.14. The van der Waals surface area contributed by atoms with Gasteiger partial charge in [-0.15, -0.1) is 0 Å². The van der Waals surface area contributed by atoms with Crippen LogP contribution in [0.15, 0.2) is 54.6 Å². The quantitative estimate of drug-likeness (QED) is 0.664. The Balaban J connectivity index is 1.81. The number of rotatable bonds is 5. The Hall–Kier alpha value is -2.47. The molecule has 3 rings (SSSR count). The monoisotopic (exact) mass is 429 g/mol. The molecular formula is C24H28FNO3S. The first kappa shape index (κ1) is 22.2. The molecular weight excluding hydrogens is 401 g/mol. The molecule has 0 aliphatic carbocycles. The highest BCUT2D eigenvalue weighted by atomic mass is 32.2. The van der Waals surface area contributed by atoms with E-state index in [1.54, 1.807) is 23.1 Å². The van der Waals surface area contributed by atoms with Crippen LogP contribution in [-0.2, 0) is 26.6 Å². The van der Waals surface area contributed by atoms with Gasteiger partial charge in [-0.3, -0.25) is 4.79 Å². The number of nitrogens with zero attached hydrogens (tertiary/aromatic N) is 1. The number of carbonyl (C=O) groups excluding carboxylic acids is 1. The van der Waals surface area contributed by atoms with Crippen molar-refractivity contribution in [2.45, 2.75) is 45.2 Å². The van der Waals surface area contributed by atoms with Gasteiger partial charge < -0.3 is 4.90 Å². The lowest BCUT2D eigenvalue weighted by Crippen LogP contribution is -2.39. The van der Waals surface area contributed by atoms with Crippen LogP contribution in [0.2, 0.25) is 0 Å². The second kappa shape index (κ2) is 8.72. The van der Waals surface area contributed by atoms with Gasteiger partial charge in [0.1, 0.15) is 5.82 Å². The van der Waals surface area contributed by atoms with E-state index in [1.807, 2.05) is 12.1 Å². The van der Waals surface area contributed by atoms with E-state index in [1.165, 1.54) is 23.8 Å². The van der Waals surface area contributed by atoms with Crippen LogP contribution in [0, 0.1) is 5.82 Å². The van der Waals surface area contributed by atoms with Gasteiger partial charge in [0, 0.05) is 18.7 Å². The fourth-order valence-corrected chi connectivity index (χ4v) is 5.28. The molecule has 30 heavy (non-hydrogen) atoms. The highest BCUT2D eigenvalue weighted by Gasteiger charge is 2.34. The third-order valence-electron chi connectivity index (χ3n) is 5.39. The normalized spacial score (nSPS) is 18.6. The molecule has 0 bridgehead atoms. The van der Waals surface area contributed by atoms with Crippen molar-refractivity contribution in [2.24, 2.45) is 0 Å². The maximum atomic E-state index is 13.1. The fraction of sp³-hybridized carbons (Fsp3) is 0.375. The van der Waals surface area contributed by atoms with Crippen LogP contribution in [0.5, 0.6) is 0 Å². The van der Waals surface area contributed by atoms with Gasteiger partial charge >= 0.3 is 0 Å². The molecule has 1 amide bonds. The van der Waals surface area contributed by atoms with Crippen molar-refractivity contribution >= 4 is 21.8 Å². The lowest BCUT2D eigenvalue weighted by Gasteiger charge is -2.28. The van der Waals surface area contributed by atoms with Crippen LogP contribution in [-0.4, -0.2) is 36.8 Å². The molecule has 1 fully saturated rings. The first-order valence-corrected chi connectivity index (χ1v) is 11.9. The van der Waals surface area contributed by atoms with E-state index in [2.05, 4.69) is 32.9 Å². The van der Waals surface area contributed by atoms with Crippen LogP contribution < -0.4 is 0 Å². The van der Waals surface area contributed by atoms with Crippen molar-refractivity contribution in [3.8, 4) is 0 Å². The zero-order chi connectivity index (χ0) is 21.9. The van der Waals surface area contributed by atoms with Crippen molar-refractivity contribution in [3.05, 3.63) is 77.1 Å². The summed E-state index contributed by atoms with van der Waals surface area (Å²) in [6.07, 6.45) is 3.50. The van der Waals surface area contributed by atoms with E-state index in [4.69, 9.17) is 0 Å². The van der Waals surface area contributed by atoms with Crippen molar-refractivity contribution in [1.82, 2.24) is 4.90 Å². The van der Waals surface area contributed by atoms with Crippen molar-refractivity contribution < 1.29 is 17.6 Å². The van der Waals surface area contributed by atoms with Gasteiger partial charge in [-0.05, 0) is 46.7 Å². The van der Waals surface area contributed by atoms with Crippen LogP contribution >= 0.6 is 0 Å². The Kier molecular flexibility index (Phi) is 6.46. The Morgan fingerprint density at radius 2 is 1.73 bits per heavy atom. The second-order valence-electron chi connectivity index (χ2n) is 8.85. The van der Waals surface area contributed by atoms with E-state index < -0.39 is 9.84 Å². The fourth-order valence-electron chi connectivity index (χ4n) is 3.55. The average Bonchev–Trinajstić information content (AvgIpc) is 3.04. The number of carbonyl (C=O) groups is 1. The molecule has 1 aliphatic heterocycles. The number of halogens is 1. The van der Waals surface area contributed by atoms with E-state index >= 15 is 0 Å². The van der Waals surface area contributed by atoms with Crippen LogP contribution in [0.1, 0.15) is 43.9 Å². The number of hydrogen-bond acceptors (Lipinski definition) is 3. The van der Waals surface area contributed by atoms with E-state index in [0.717, 1.165) is 5.56 Å². The van der Waals surface area contributed by atoms with E-state index in [9.17, 15) is 17.6 Å².